The lowest BCUT2D eigenvalue weighted by atomic mass is 10.2. The van der Waals surface area contributed by atoms with Gasteiger partial charge in [-0.25, -0.2) is 0 Å². The van der Waals surface area contributed by atoms with Gasteiger partial charge in [-0.15, -0.1) is 12.4 Å². The zero-order chi connectivity index (χ0) is 11.7. The summed E-state index contributed by atoms with van der Waals surface area (Å²) in [5.74, 6) is -0.0493. The molecule has 4 nitrogen and oxygen atoms in total. The van der Waals surface area contributed by atoms with Crippen molar-refractivity contribution in [3.8, 4) is 0 Å². The van der Waals surface area contributed by atoms with E-state index in [0.717, 1.165) is 19.3 Å². The van der Waals surface area contributed by atoms with E-state index in [0.29, 0.717) is 13.2 Å². The predicted octanol–water partition coefficient (Wildman–Crippen LogP) is 1.47. The minimum absolute atomic E-state index is 0. The third kappa shape index (κ3) is 10.2. The summed E-state index contributed by atoms with van der Waals surface area (Å²) in [6.45, 7) is 7.07. The number of carbonyl (C=O) groups is 1. The van der Waals surface area contributed by atoms with E-state index in [1.54, 1.807) is 6.92 Å². The molecule has 0 saturated carbocycles. The number of rotatable bonds is 8. The summed E-state index contributed by atoms with van der Waals surface area (Å²) < 4.78 is 5.36. The van der Waals surface area contributed by atoms with Gasteiger partial charge in [0, 0.05) is 19.2 Å². The number of amides is 1. The molecule has 0 spiro atoms. The molecule has 0 aliphatic rings. The van der Waals surface area contributed by atoms with E-state index in [2.05, 4.69) is 12.2 Å². The number of unbranched alkanes of at least 4 members (excludes halogenated alkanes) is 1. The van der Waals surface area contributed by atoms with Crippen LogP contribution in [0.25, 0.3) is 0 Å². The Morgan fingerprint density at radius 1 is 1.44 bits per heavy atom. The van der Waals surface area contributed by atoms with Crippen molar-refractivity contribution in [2.75, 3.05) is 13.2 Å². The molecular formula is C11H25ClN2O2. The number of carbonyl (C=O) groups excluding carboxylic acids is 1. The summed E-state index contributed by atoms with van der Waals surface area (Å²) in [6, 6.07) is 0.126. The highest BCUT2D eigenvalue weighted by molar-refractivity contribution is 5.85. The number of ether oxygens (including phenoxy) is 1. The van der Waals surface area contributed by atoms with Crippen LogP contribution in [-0.2, 0) is 9.53 Å². The highest BCUT2D eigenvalue weighted by Crippen LogP contribution is 1.95. The smallest absolute Gasteiger partial charge is 0.248 e. The van der Waals surface area contributed by atoms with Crippen LogP contribution in [0.2, 0.25) is 0 Å². The average Bonchev–Trinajstić information content (AvgIpc) is 2.17. The molecule has 0 aliphatic carbocycles. The normalized spacial score (nSPS) is 13.8. The topological polar surface area (TPSA) is 64.3 Å². The predicted molar refractivity (Wildman–Crippen MR) is 68.8 cm³/mol. The molecule has 0 fully saturated rings. The number of halogens is 1. The molecule has 0 heterocycles. The average molecular weight is 253 g/mol. The molecule has 0 aromatic carbocycles. The molecular weight excluding hydrogens is 228 g/mol. The van der Waals surface area contributed by atoms with E-state index >= 15 is 0 Å². The maximum atomic E-state index is 11.4. The molecule has 0 bridgehead atoms. The van der Waals surface area contributed by atoms with Gasteiger partial charge in [0.05, 0.1) is 0 Å². The number of nitrogens with two attached hydrogens (primary N) is 1. The molecule has 0 aromatic heterocycles. The van der Waals surface area contributed by atoms with E-state index in [-0.39, 0.29) is 30.5 Å². The third-order valence-electron chi connectivity index (χ3n) is 2.13. The van der Waals surface area contributed by atoms with Crippen LogP contribution in [0.15, 0.2) is 0 Å². The van der Waals surface area contributed by atoms with Crippen LogP contribution in [0, 0.1) is 0 Å². The summed E-state index contributed by atoms with van der Waals surface area (Å²) in [5, 5.41) is 2.80. The van der Waals surface area contributed by atoms with E-state index in [9.17, 15) is 4.79 Å². The Labute approximate surface area is 105 Å². The lowest BCUT2D eigenvalue weighted by molar-refractivity contribution is -0.131. The summed E-state index contributed by atoms with van der Waals surface area (Å²) in [5.41, 5.74) is 5.57. The SMILES string of the molecule is CCCCOC(C)C(=O)NCCC(C)N.Cl. The van der Waals surface area contributed by atoms with E-state index in [1.807, 2.05) is 6.92 Å². The lowest BCUT2D eigenvalue weighted by Gasteiger charge is -2.13. The van der Waals surface area contributed by atoms with Gasteiger partial charge >= 0.3 is 0 Å². The quantitative estimate of drug-likeness (QED) is 0.643. The molecule has 0 rings (SSSR count). The second-order valence-electron chi connectivity index (χ2n) is 3.92. The zero-order valence-corrected chi connectivity index (χ0v) is 11.3. The number of hydrogen-bond donors (Lipinski definition) is 2. The number of nitrogens with one attached hydrogen (secondary N) is 1. The van der Waals surface area contributed by atoms with E-state index < -0.39 is 0 Å². The first-order valence-electron chi connectivity index (χ1n) is 5.72. The zero-order valence-electron chi connectivity index (χ0n) is 10.5. The van der Waals surface area contributed by atoms with Gasteiger partial charge in [-0.1, -0.05) is 13.3 Å². The first-order chi connectivity index (χ1) is 7.07. The fourth-order valence-electron chi connectivity index (χ4n) is 1.05. The van der Waals surface area contributed by atoms with Crippen LogP contribution < -0.4 is 11.1 Å². The van der Waals surface area contributed by atoms with Crippen LogP contribution >= 0.6 is 12.4 Å². The van der Waals surface area contributed by atoms with Crippen molar-refractivity contribution in [3.63, 3.8) is 0 Å². The minimum atomic E-state index is -0.357. The maximum Gasteiger partial charge on any atom is 0.248 e. The molecule has 5 heteroatoms. The second-order valence-corrected chi connectivity index (χ2v) is 3.92. The first-order valence-corrected chi connectivity index (χ1v) is 5.72. The van der Waals surface area contributed by atoms with Crippen LogP contribution in [0.3, 0.4) is 0 Å². The molecule has 0 radical (unpaired) electrons. The summed E-state index contributed by atoms with van der Waals surface area (Å²) in [7, 11) is 0. The Bertz CT molecular complexity index is 177. The summed E-state index contributed by atoms with van der Waals surface area (Å²) in [4.78, 5) is 11.4. The van der Waals surface area contributed by atoms with Crippen molar-refractivity contribution in [1.82, 2.24) is 5.32 Å². The minimum Gasteiger partial charge on any atom is -0.369 e. The largest absolute Gasteiger partial charge is 0.369 e. The summed E-state index contributed by atoms with van der Waals surface area (Å²) >= 11 is 0. The van der Waals surface area contributed by atoms with Crippen LogP contribution in [0.5, 0.6) is 0 Å². The van der Waals surface area contributed by atoms with Gasteiger partial charge in [-0.3, -0.25) is 4.79 Å². The van der Waals surface area contributed by atoms with Crippen molar-refractivity contribution in [2.45, 2.75) is 52.2 Å². The highest BCUT2D eigenvalue weighted by atomic mass is 35.5. The highest BCUT2D eigenvalue weighted by Gasteiger charge is 2.11. The second kappa shape index (κ2) is 11.2. The van der Waals surface area contributed by atoms with Gasteiger partial charge < -0.3 is 15.8 Å². The van der Waals surface area contributed by atoms with Gasteiger partial charge in [0.25, 0.3) is 0 Å². The van der Waals surface area contributed by atoms with Gasteiger partial charge in [0.2, 0.25) is 5.91 Å². The molecule has 16 heavy (non-hydrogen) atoms. The molecule has 0 aromatic rings. The first kappa shape index (κ1) is 18.1. The maximum absolute atomic E-state index is 11.4. The molecule has 2 unspecified atom stereocenters. The van der Waals surface area contributed by atoms with Crippen molar-refractivity contribution in [2.24, 2.45) is 5.73 Å². The summed E-state index contributed by atoms with van der Waals surface area (Å²) in [6.07, 6.45) is 2.52. The van der Waals surface area contributed by atoms with Crippen LogP contribution in [0.1, 0.15) is 40.0 Å². The fourth-order valence-corrected chi connectivity index (χ4v) is 1.05. The molecule has 3 N–H and O–H groups in total. The van der Waals surface area contributed by atoms with Gasteiger partial charge in [0.15, 0.2) is 0 Å². The Kier molecular flexibility index (Phi) is 12.6. The Morgan fingerprint density at radius 2 is 2.06 bits per heavy atom. The third-order valence-corrected chi connectivity index (χ3v) is 2.13. The monoisotopic (exact) mass is 252 g/mol. The Morgan fingerprint density at radius 3 is 2.56 bits per heavy atom. The standard InChI is InChI=1S/C11H24N2O2.ClH/c1-4-5-8-15-10(3)11(14)13-7-6-9(2)12;/h9-10H,4-8,12H2,1-3H3,(H,13,14);1H. The molecule has 98 valence electrons. The van der Waals surface area contributed by atoms with Gasteiger partial charge in [-0.05, 0) is 26.7 Å². The van der Waals surface area contributed by atoms with Crippen molar-refractivity contribution >= 4 is 18.3 Å². The van der Waals surface area contributed by atoms with Crippen molar-refractivity contribution in [3.05, 3.63) is 0 Å². The molecule has 2 atom stereocenters. The fraction of sp³-hybridized carbons (Fsp3) is 0.909. The lowest BCUT2D eigenvalue weighted by Crippen LogP contribution is -2.36. The Hall–Kier alpha value is -0.320. The molecule has 1 amide bonds. The van der Waals surface area contributed by atoms with Gasteiger partial charge in [-0.2, -0.15) is 0 Å². The van der Waals surface area contributed by atoms with Crippen LogP contribution in [0.4, 0.5) is 0 Å². The van der Waals surface area contributed by atoms with Crippen molar-refractivity contribution in [1.29, 1.82) is 0 Å². The molecule has 0 saturated heterocycles. The molecule has 0 aliphatic heterocycles. The van der Waals surface area contributed by atoms with E-state index in [4.69, 9.17) is 10.5 Å². The van der Waals surface area contributed by atoms with E-state index in [1.165, 1.54) is 0 Å². The van der Waals surface area contributed by atoms with Crippen LogP contribution in [-0.4, -0.2) is 31.2 Å². The number of hydrogen-bond acceptors (Lipinski definition) is 3. The van der Waals surface area contributed by atoms with Gasteiger partial charge in [0.1, 0.15) is 6.10 Å². The Balaban J connectivity index is 0. The van der Waals surface area contributed by atoms with Crippen molar-refractivity contribution < 1.29 is 9.53 Å².